The number of nitrogens with two attached hydrogens (primary N) is 1. The monoisotopic (exact) mass is 261 g/mol. The van der Waals surface area contributed by atoms with E-state index in [-0.39, 0.29) is 24.2 Å². The Morgan fingerprint density at radius 1 is 1.11 bits per heavy atom. The maximum Gasteiger partial charge on any atom is 0.153 e. The Labute approximate surface area is 113 Å². The topological polar surface area (TPSA) is 43.1 Å². The van der Waals surface area contributed by atoms with Crippen LogP contribution in [-0.2, 0) is 17.6 Å². The van der Waals surface area contributed by atoms with Crippen LogP contribution < -0.4 is 5.73 Å². The molecule has 1 aliphatic rings. The van der Waals surface area contributed by atoms with Crippen molar-refractivity contribution in [3.8, 4) is 0 Å². The van der Waals surface area contributed by atoms with Gasteiger partial charge in [0.2, 0.25) is 0 Å². The first kappa shape index (κ1) is 13.1. The zero-order valence-electron chi connectivity index (χ0n) is 10.1. The number of benzene rings is 2. The second kappa shape index (κ2) is 5.09. The van der Waals surface area contributed by atoms with Crippen molar-refractivity contribution in [3.05, 3.63) is 47.5 Å². The van der Waals surface area contributed by atoms with Gasteiger partial charge in [-0.2, -0.15) is 0 Å². The van der Waals surface area contributed by atoms with Crippen LogP contribution in [0.3, 0.4) is 0 Å². The Balaban J connectivity index is 0.00000120. The predicted octanol–water partition coefficient (Wildman–Crippen LogP) is 2.65. The fourth-order valence-corrected chi connectivity index (χ4v) is 2.60. The SMILES string of the molecule is Cl.NC1CCc2ccc3ccccc3c2CC1=O. The summed E-state index contributed by atoms with van der Waals surface area (Å²) in [6.07, 6.45) is 2.16. The molecule has 0 bridgehead atoms. The number of Topliss-reactive ketones (excluding diaryl/α,β-unsaturated/α-hetero) is 1. The first-order valence-corrected chi connectivity index (χ1v) is 6.03. The molecule has 1 aliphatic carbocycles. The molecule has 0 saturated heterocycles. The molecule has 2 nitrogen and oxygen atoms in total. The maximum atomic E-state index is 11.9. The van der Waals surface area contributed by atoms with E-state index in [2.05, 4.69) is 24.3 Å². The molecule has 0 amide bonds. The maximum absolute atomic E-state index is 11.9. The zero-order valence-corrected chi connectivity index (χ0v) is 10.9. The van der Waals surface area contributed by atoms with Gasteiger partial charge in [-0.15, -0.1) is 12.4 Å². The Hall–Kier alpha value is -1.38. The van der Waals surface area contributed by atoms with Crippen LogP contribution in [0.15, 0.2) is 36.4 Å². The molecule has 1 unspecified atom stereocenters. The highest BCUT2D eigenvalue weighted by atomic mass is 35.5. The molecule has 0 saturated carbocycles. The summed E-state index contributed by atoms with van der Waals surface area (Å²) >= 11 is 0. The highest BCUT2D eigenvalue weighted by molar-refractivity contribution is 5.94. The first-order valence-electron chi connectivity index (χ1n) is 6.03. The third kappa shape index (κ3) is 2.14. The van der Waals surface area contributed by atoms with Gasteiger partial charge in [0, 0.05) is 6.42 Å². The number of halogens is 1. The lowest BCUT2D eigenvalue weighted by Crippen LogP contribution is -2.30. The van der Waals surface area contributed by atoms with Crippen LogP contribution in [0.25, 0.3) is 10.8 Å². The van der Waals surface area contributed by atoms with Gasteiger partial charge in [-0.25, -0.2) is 0 Å². The van der Waals surface area contributed by atoms with Crippen LogP contribution in [0, 0.1) is 0 Å². The molecule has 1 atom stereocenters. The minimum Gasteiger partial charge on any atom is -0.321 e. The highest BCUT2D eigenvalue weighted by Gasteiger charge is 2.21. The lowest BCUT2D eigenvalue weighted by molar-refractivity contribution is -0.119. The highest BCUT2D eigenvalue weighted by Crippen LogP contribution is 2.26. The van der Waals surface area contributed by atoms with E-state index < -0.39 is 0 Å². The van der Waals surface area contributed by atoms with Gasteiger partial charge in [-0.05, 0) is 34.7 Å². The summed E-state index contributed by atoms with van der Waals surface area (Å²) in [5, 5.41) is 2.40. The molecule has 0 heterocycles. The fraction of sp³-hybridized carbons (Fsp3) is 0.267. The number of ketones is 1. The third-order valence-electron chi connectivity index (χ3n) is 3.63. The quantitative estimate of drug-likeness (QED) is 0.741. The number of fused-ring (bicyclic) bond motifs is 3. The lowest BCUT2D eigenvalue weighted by Gasteiger charge is -2.09. The van der Waals surface area contributed by atoms with Crippen molar-refractivity contribution < 1.29 is 4.79 Å². The van der Waals surface area contributed by atoms with Gasteiger partial charge < -0.3 is 5.73 Å². The van der Waals surface area contributed by atoms with Gasteiger partial charge in [-0.3, -0.25) is 4.79 Å². The van der Waals surface area contributed by atoms with Gasteiger partial charge in [-0.1, -0.05) is 36.4 Å². The molecule has 18 heavy (non-hydrogen) atoms. The van der Waals surface area contributed by atoms with Crippen molar-refractivity contribution in [3.63, 3.8) is 0 Å². The van der Waals surface area contributed by atoms with Crippen molar-refractivity contribution in [2.75, 3.05) is 0 Å². The lowest BCUT2D eigenvalue weighted by atomic mass is 9.95. The number of carbonyl (C=O) groups is 1. The normalized spacial score (nSPS) is 18.9. The Kier molecular flexibility index (Phi) is 3.69. The van der Waals surface area contributed by atoms with Crippen LogP contribution in [-0.4, -0.2) is 11.8 Å². The van der Waals surface area contributed by atoms with Crippen LogP contribution >= 0.6 is 12.4 Å². The number of hydrogen-bond acceptors (Lipinski definition) is 2. The molecule has 2 aromatic carbocycles. The van der Waals surface area contributed by atoms with Crippen LogP contribution in [0.4, 0.5) is 0 Å². The molecule has 0 radical (unpaired) electrons. The Bertz CT molecular complexity index is 594. The van der Waals surface area contributed by atoms with E-state index in [0.717, 1.165) is 12.8 Å². The number of carbonyl (C=O) groups excluding carboxylic acids is 1. The standard InChI is InChI=1S/C15H15NO.ClH/c16-14-8-7-11-6-5-10-3-1-2-4-12(10)13(11)9-15(14)17;/h1-6,14H,7-9,16H2;1H. The average Bonchev–Trinajstić information content (AvgIpc) is 2.50. The summed E-state index contributed by atoms with van der Waals surface area (Å²) < 4.78 is 0. The molecule has 0 fully saturated rings. The van der Waals surface area contributed by atoms with Gasteiger partial charge in [0.25, 0.3) is 0 Å². The molecule has 94 valence electrons. The van der Waals surface area contributed by atoms with Crippen LogP contribution in [0.5, 0.6) is 0 Å². The summed E-state index contributed by atoms with van der Waals surface area (Å²) in [5.41, 5.74) is 8.32. The van der Waals surface area contributed by atoms with Gasteiger partial charge in [0.15, 0.2) is 5.78 Å². The predicted molar refractivity (Wildman–Crippen MR) is 76.2 cm³/mol. The molecule has 2 N–H and O–H groups in total. The second-order valence-electron chi connectivity index (χ2n) is 4.71. The zero-order chi connectivity index (χ0) is 11.8. The van der Waals surface area contributed by atoms with Gasteiger partial charge in [0.05, 0.1) is 6.04 Å². The van der Waals surface area contributed by atoms with Gasteiger partial charge in [0.1, 0.15) is 0 Å². The summed E-state index contributed by atoms with van der Waals surface area (Å²) in [4.78, 5) is 11.9. The minimum atomic E-state index is -0.291. The summed E-state index contributed by atoms with van der Waals surface area (Å²) in [6.45, 7) is 0. The largest absolute Gasteiger partial charge is 0.321 e. The Morgan fingerprint density at radius 3 is 2.72 bits per heavy atom. The molecule has 0 aromatic heterocycles. The summed E-state index contributed by atoms with van der Waals surface area (Å²) in [5.74, 6) is 0.167. The van der Waals surface area contributed by atoms with E-state index in [1.165, 1.54) is 21.9 Å². The molecule has 0 spiro atoms. The third-order valence-corrected chi connectivity index (χ3v) is 3.63. The number of rotatable bonds is 0. The second-order valence-corrected chi connectivity index (χ2v) is 4.71. The minimum absolute atomic E-state index is 0. The van der Waals surface area contributed by atoms with E-state index in [1.54, 1.807) is 0 Å². The first-order chi connectivity index (χ1) is 8.25. The molecule has 3 rings (SSSR count). The number of hydrogen-bond donors (Lipinski definition) is 1. The van der Waals surface area contributed by atoms with E-state index >= 15 is 0 Å². The van der Waals surface area contributed by atoms with Crippen LogP contribution in [0.2, 0.25) is 0 Å². The van der Waals surface area contributed by atoms with Crippen molar-refractivity contribution in [1.29, 1.82) is 0 Å². The van der Waals surface area contributed by atoms with E-state index in [4.69, 9.17) is 5.73 Å². The Morgan fingerprint density at radius 2 is 1.89 bits per heavy atom. The van der Waals surface area contributed by atoms with Crippen molar-refractivity contribution in [1.82, 2.24) is 0 Å². The van der Waals surface area contributed by atoms with Crippen molar-refractivity contribution in [2.45, 2.75) is 25.3 Å². The van der Waals surface area contributed by atoms with Crippen molar-refractivity contribution in [2.24, 2.45) is 5.73 Å². The summed E-state index contributed by atoms with van der Waals surface area (Å²) in [6, 6.07) is 12.2. The molecular formula is C15H16ClNO. The molecule has 2 aromatic rings. The van der Waals surface area contributed by atoms with E-state index in [9.17, 15) is 4.79 Å². The van der Waals surface area contributed by atoms with E-state index in [0.29, 0.717) is 6.42 Å². The van der Waals surface area contributed by atoms with Crippen LogP contribution in [0.1, 0.15) is 17.5 Å². The van der Waals surface area contributed by atoms with E-state index in [1.807, 2.05) is 12.1 Å². The van der Waals surface area contributed by atoms with Crippen molar-refractivity contribution >= 4 is 29.0 Å². The number of aryl methyl sites for hydroxylation is 1. The summed E-state index contributed by atoms with van der Waals surface area (Å²) in [7, 11) is 0. The molecular weight excluding hydrogens is 246 g/mol. The smallest absolute Gasteiger partial charge is 0.153 e. The average molecular weight is 262 g/mol. The van der Waals surface area contributed by atoms with Gasteiger partial charge >= 0.3 is 0 Å². The molecule has 3 heteroatoms. The molecule has 0 aliphatic heterocycles. The fourth-order valence-electron chi connectivity index (χ4n) is 2.60.